The molecule has 0 bridgehead atoms. The first kappa shape index (κ1) is 15.5. The van der Waals surface area contributed by atoms with Crippen molar-refractivity contribution < 1.29 is 8.42 Å². The Morgan fingerprint density at radius 2 is 1.90 bits per heavy atom. The van der Waals surface area contributed by atoms with Crippen LogP contribution in [0.5, 0.6) is 0 Å². The monoisotopic (exact) mass is 296 g/mol. The van der Waals surface area contributed by atoms with Crippen LogP contribution in [0.1, 0.15) is 29.5 Å². The highest BCUT2D eigenvalue weighted by Gasteiger charge is 2.21. The second-order valence-corrected chi connectivity index (χ2v) is 7.65. The highest BCUT2D eigenvalue weighted by Crippen LogP contribution is 2.17. The van der Waals surface area contributed by atoms with Crippen molar-refractivity contribution in [2.75, 3.05) is 19.3 Å². The molecular formula is C15H24N2O2S. The van der Waals surface area contributed by atoms with Gasteiger partial charge in [0.25, 0.3) is 0 Å². The van der Waals surface area contributed by atoms with E-state index in [0.29, 0.717) is 0 Å². The summed E-state index contributed by atoms with van der Waals surface area (Å²) >= 11 is 0. The van der Waals surface area contributed by atoms with E-state index in [2.05, 4.69) is 41.7 Å². The van der Waals surface area contributed by atoms with Crippen LogP contribution in [0.3, 0.4) is 0 Å². The van der Waals surface area contributed by atoms with Gasteiger partial charge in [0.15, 0.2) is 0 Å². The molecule has 1 aliphatic heterocycles. The lowest BCUT2D eigenvalue weighted by Gasteiger charge is -2.32. The molecule has 112 valence electrons. The summed E-state index contributed by atoms with van der Waals surface area (Å²) in [5.41, 5.74) is 3.99. The van der Waals surface area contributed by atoms with E-state index in [1.54, 1.807) is 0 Å². The van der Waals surface area contributed by atoms with Crippen molar-refractivity contribution in [2.45, 2.75) is 39.3 Å². The van der Waals surface area contributed by atoms with Gasteiger partial charge in [0.1, 0.15) is 0 Å². The maximum absolute atomic E-state index is 11.2. The van der Waals surface area contributed by atoms with Gasteiger partial charge in [-0.25, -0.2) is 13.1 Å². The highest BCUT2D eigenvalue weighted by molar-refractivity contribution is 7.88. The zero-order chi connectivity index (χ0) is 14.8. The molecule has 1 heterocycles. The number of piperidine rings is 1. The molecule has 2 rings (SSSR count). The molecule has 1 fully saturated rings. The van der Waals surface area contributed by atoms with E-state index in [4.69, 9.17) is 0 Å². The minimum Gasteiger partial charge on any atom is -0.299 e. The first-order valence-electron chi connectivity index (χ1n) is 7.09. The van der Waals surface area contributed by atoms with E-state index in [-0.39, 0.29) is 6.04 Å². The van der Waals surface area contributed by atoms with Crippen LogP contribution in [0.4, 0.5) is 0 Å². The minimum atomic E-state index is -3.08. The molecule has 5 heteroatoms. The van der Waals surface area contributed by atoms with Crippen molar-refractivity contribution in [3.8, 4) is 0 Å². The van der Waals surface area contributed by atoms with E-state index in [0.717, 1.165) is 32.5 Å². The number of hydrogen-bond acceptors (Lipinski definition) is 3. The fourth-order valence-electron chi connectivity index (χ4n) is 2.72. The molecule has 0 aliphatic carbocycles. The molecule has 0 radical (unpaired) electrons. The average molecular weight is 296 g/mol. The van der Waals surface area contributed by atoms with Crippen LogP contribution in [-0.2, 0) is 16.6 Å². The summed E-state index contributed by atoms with van der Waals surface area (Å²) in [7, 11) is -3.08. The molecule has 1 N–H and O–H groups in total. The number of sulfonamides is 1. The molecule has 0 saturated carbocycles. The number of nitrogens with zero attached hydrogens (tertiary/aromatic N) is 1. The second kappa shape index (κ2) is 6.24. The van der Waals surface area contributed by atoms with Crippen molar-refractivity contribution in [3.05, 3.63) is 34.9 Å². The highest BCUT2D eigenvalue weighted by atomic mass is 32.2. The van der Waals surface area contributed by atoms with Gasteiger partial charge in [-0.2, -0.15) is 0 Å². The molecule has 1 aromatic rings. The molecule has 1 aromatic carbocycles. The Kier molecular flexibility index (Phi) is 4.83. The summed E-state index contributed by atoms with van der Waals surface area (Å²) in [6, 6.07) is 6.65. The van der Waals surface area contributed by atoms with E-state index in [1.165, 1.54) is 22.9 Å². The quantitative estimate of drug-likeness (QED) is 0.922. The SMILES string of the molecule is Cc1ccc(C)c(CN2CCC(NS(C)(=O)=O)CC2)c1. The Morgan fingerprint density at radius 1 is 1.25 bits per heavy atom. The van der Waals surface area contributed by atoms with E-state index in [1.807, 2.05) is 0 Å². The third-order valence-corrected chi connectivity index (χ3v) is 4.63. The lowest BCUT2D eigenvalue weighted by Crippen LogP contribution is -2.44. The fourth-order valence-corrected chi connectivity index (χ4v) is 3.56. The number of hydrogen-bond donors (Lipinski definition) is 1. The summed E-state index contributed by atoms with van der Waals surface area (Å²) < 4.78 is 25.2. The Balaban J connectivity index is 1.90. The summed E-state index contributed by atoms with van der Waals surface area (Å²) in [6.07, 6.45) is 3.01. The van der Waals surface area contributed by atoms with Crippen molar-refractivity contribution in [2.24, 2.45) is 0 Å². The zero-order valence-electron chi connectivity index (χ0n) is 12.5. The van der Waals surface area contributed by atoms with Gasteiger partial charge in [-0.3, -0.25) is 4.90 Å². The van der Waals surface area contributed by atoms with E-state index in [9.17, 15) is 8.42 Å². The fraction of sp³-hybridized carbons (Fsp3) is 0.600. The Morgan fingerprint density at radius 3 is 2.50 bits per heavy atom. The lowest BCUT2D eigenvalue weighted by molar-refractivity contribution is 0.199. The van der Waals surface area contributed by atoms with Crippen molar-refractivity contribution >= 4 is 10.0 Å². The predicted molar refractivity (Wildman–Crippen MR) is 82.2 cm³/mol. The molecule has 0 aromatic heterocycles. The molecule has 1 aliphatic rings. The number of benzene rings is 1. The number of nitrogens with one attached hydrogen (secondary N) is 1. The van der Waals surface area contributed by atoms with Gasteiger partial charge in [0, 0.05) is 25.7 Å². The molecule has 1 saturated heterocycles. The van der Waals surface area contributed by atoms with Gasteiger partial charge in [0.05, 0.1) is 6.26 Å². The van der Waals surface area contributed by atoms with Crippen LogP contribution in [0.2, 0.25) is 0 Å². The van der Waals surface area contributed by atoms with Gasteiger partial charge < -0.3 is 0 Å². The molecule has 0 amide bonds. The van der Waals surface area contributed by atoms with Gasteiger partial charge in [-0.1, -0.05) is 23.8 Å². The molecule has 0 atom stereocenters. The van der Waals surface area contributed by atoms with Gasteiger partial charge in [-0.15, -0.1) is 0 Å². The maximum Gasteiger partial charge on any atom is 0.208 e. The Labute approximate surface area is 122 Å². The number of rotatable bonds is 4. The summed E-state index contributed by atoms with van der Waals surface area (Å²) in [5.74, 6) is 0. The average Bonchev–Trinajstić information content (AvgIpc) is 2.34. The van der Waals surface area contributed by atoms with Crippen LogP contribution >= 0.6 is 0 Å². The third-order valence-electron chi connectivity index (χ3n) is 3.87. The van der Waals surface area contributed by atoms with E-state index < -0.39 is 10.0 Å². The summed E-state index contributed by atoms with van der Waals surface area (Å²) in [6.45, 7) is 7.11. The molecule has 20 heavy (non-hydrogen) atoms. The minimum absolute atomic E-state index is 0.0971. The Hall–Kier alpha value is -0.910. The van der Waals surface area contributed by atoms with Crippen LogP contribution < -0.4 is 4.72 Å². The Bertz CT molecular complexity index is 561. The molecule has 4 nitrogen and oxygen atoms in total. The van der Waals surface area contributed by atoms with Crippen LogP contribution in [0.15, 0.2) is 18.2 Å². The molecule has 0 unspecified atom stereocenters. The number of aryl methyl sites for hydroxylation is 2. The first-order valence-corrected chi connectivity index (χ1v) is 8.98. The van der Waals surface area contributed by atoms with Gasteiger partial charge in [-0.05, 0) is 37.8 Å². The van der Waals surface area contributed by atoms with Crippen LogP contribution in [-0.4, -0.2) is 38.7 Å². The third kappa shape index (κ3) is 4.58. The van der Waals surface area contributed by atoms with Crippen molar-refractivity contribution in [1.82, 2.24) is 9.62 Å². The molecular weight excluding hydrogens is 272 g/mol. The zero-order valence-corrected chi connectivity index (χ0v) is 13.3. The lowest BCUT2D eigenvalue weighted by atomic mass is 10.0. The summed E-state index contributed by atoms with van der Waals surface area (Å²) in [4.78, 5) is 2.40. The van der Waals surface area contributed by atoms with Crippen LogP contribution in [0, 0.1) is 13.8 Å². The molecule has 0 spiro atoms. The van der Waals surface area contributed by atoms with Gasteiger partial charge >= 0.3 is 0 Å². The van der Waals surface area contributed by atoms with Crippen LogP contribution in [0.25, 0.3) is 0 Å². The maximum atomic E-state index is 11.2. The van der Waals surface area contributed by atoms with Crippen molar-refractivity contribution in [1.29, 1.82) is 0 Å². The smallest absolute Gasteiger partial charge is 0.208 e. The standard InChI is InChI=1S/C15H24N2O2S/c1-12-4-5-13(2)14(10-12)11-17-8-6-15(7-9-17)16-20(3,18)19/h4-5,10,15-16H,6-9,11H2,1-3H3. The first-order chi connectivity index (χ1) is 9.33. The second-order valence-electron chi connectivity index (χ2n) is 5.87. The van der Waals surface area contributed by atoms with Gasteiger partial charge in [0.2, 0.25) is 10.0 Å². The van der Waals surface area contributed by atoms with Crippen molar-refractivity contribution in [3.63, 3.8) is 0 Å². The normalized spacial score (nSPS) is 18.4. The largest absolute Gasteiger partial charge is 0.299 e. The predicted octanol–water partition coefficient (Wildman–Crippen LogP) is 1.82. The summed E-state index contributed by atoms with van der Waals surface area (Å²) in [5, 5.41) is 0. The topological polar surface area (TPSA) is 49.4 Å². The number of likely N-dealkylation sites (tertiary alicyclic amines) is 1. The van der Waals surface area contributed by atoms with E-state index >= 15 is 0 Å².